The lowest BCUT2D eigenvalue weighted by molar-refractivity contribution is 0.141. The van der Waals surface area contributed by atoms with Gasteiger partial charge in [0, 0.05) is 24.5 Å². The van der Waals surface area contributed by atoms with Crippen LogP contribution in [0.1, 0.15) is 31.2 Å². The van der Waals surface area contributed by atoms with E-state index in [1.165, 1.54) is 31.2 Å². The van der Waals surface area contributed by atoms with Crippen LogP contribution in [0.4, 0.5) is 11.4 Å². The Labute approximate surface area is 109 Å². The van der Waals surface area contributed by atoms with Crippen molar-refractivity contribution in [2.75, 3.05) is 24.2 Å². The number of rotatable bonds is 4. The summed E-state index contributed by atoms with van der Waals surface area (Å²) in [5, 5.41) is 12.9. The Hall–Kier alpha value is -1.22. The van der Waals surface area contributed by atoms with Gasteiger partial charge in [0.25, 0.3) is 0 Å². The number of anilines is 2. The van der Waals surface area contributed by atoms with Crippen LogP contribution in [0, 0.1) is 18.8 Å². The Morgan fingerprint density at radius 3 is 2.61 bits per heavy atom. The molecule has 0 aromatic heterocycles. The van der Waals surface area contributed by atoms with E-state index in [1.807, 2.05) is 12.1 Å². The molecule has 0 amide bonds. The summed E-state index contributed by atoms with van der Waals surface area (Å²) < 4.78 is 0. The maximum Gasteiger partial charge on any atom is 0.0462 e. The minimum atomic E-state index is 0.322. The van der Waals surface area contributed by atoms with Gasteiger partial charge in [-0.1, -0.05) is 12.8 Å². The van der Waals surface area contributed by atoms with Crippen LogP contribution in [0.2, 0.25) is 0 Å². The predicted octanol–water partition coefficient (Wildman–Crippen LogP) is 2.79. The molecule has 1 saturated carbocycles. The highest BCUT2D eigenvalue weighted by Crippen LogP contribution is 2.30. The van der Waals surface area contributed by atoms with Crippen molar-refractivity contribution in [3.05, 3.63) is 23.8 Å². The fraction of sp³-hybridized carbons (Fsp3) is 0.600. The number of hydrogen-bond donors (Lipinski definition) is 3. The Balaban J connectivity index is 1.93. The zero-order chi connectivity index (χ0) is 13.0. The van der Waals surface area contributed by atoms with E-state index in [9.17, 15) is 5.11 Å². The molecule has 1 aliphatic rings. The number of nitrogens with two attached hydrogens (primary N) is 1. The van der Waals surface area contributed by atoms with E-state index in [0.29, 0.717) is 18.4 Å². The van der Waals surface area contributed by atoms with Crippen LogP contribution in [0.5, 0.6) is 0 Å². The van der Waals surface area contributed by atoms with Gasteiger partial charge in [0.1, 0.15) is 0 Å². The smallest absolute Gasteiger partial charge is 0.0462 e. The molecule has 1 aromatic rings. The van der Waals surface area contributed by atoms with Crippen molar-refractivity contribution < 1.29 is 5.11 Å². The number of aryl methyl sites for hydroxylation is 1. The summed E-state index contributed by atoms with van der Waals surface area (Å²) in [6.45, 7) is 3.31. The van der Waals surface area contributed by atoms with Gasteiger partial charge in [-0.25, -0.2) is 0 Å². The lowest BCUT2D eigenvalue weighted by Gasteiger charge is -2.30. The second-order valence-electron chi connectivity index (χ2n) is 5.50. The van der Waals surface area contributed by atoms with Gasteiger partial charge in [-0.3, -0.25) is 0 Å². The van der Waals surface area contributed by atoms with Crippen LogP contribution in [-0.2, 0) is 0 Å². The monoisotopic (exact) mass is 248 g/mol. The molecular weight excluding hydrogens is 224 g/mol. The molecule has 0 spiro atoms. The number of benzene rings is 1. The summed E-state index contributed by atoms with van der Waals surface area (Å²) in [6.07, 6.45) is 4.94. The summed E-state index contributed by atoms with van der Waals surface area (Å²) in [5.74, 6) is 1.05. The van der Waals surface area contributed by atoms with Crippen molar-refractivity contribution in [2.45, 2.75) is 32.6 Å². The van der Waals surface area contributed by atoms with Gasteiger partial charge >= 0.3 is 0 Å². The molecule has 0 saturated heterocycles. The molecule has 1 aromatic carbocycles. The normalized spacial score (nSPS) is 23.9. The molecule has 1 fully saturated rings. The van der Waals surface area contributed by atoms with Gasteiger partial charge < -0.3 is 16.2 Å². The van der Waals surface area contributed by atoms with Gasteiger partial charge in [-0.05, 0) is 55.4 Å². The first-order chi connectivity index (χ1) is 8.69. The molecule has 0 bridgehead atoms. The van der Waals surface area contributed by atoms with Gasteiger partial charge in [0.05, 0.1) is 0 Å². The highest BCUT2D eigenvalue weighted by molar-refractivity contribution is 5.56. The van der Waals surface area contributed by atoms with Gasteiger partial charge in [-0.15, -0.1) is 0 Å². The molecule has 2 rings (SSSR count). The van der Waals surface area contributed by atoms with E-state index in [4.69, 9.17) is 5.73 Å². The first-order valence-corrected chi connectivity index (χ1v) is 6.91. The summed E-state index contributed by atoms with van der Waals surface area (Å²) >= 11 is 0. The van der Waals surface area contributed by atoms with Crippen molar-refractivity contribution in [3.8, 4) is 0 Å². The maximum absolute atomic E-state index is 9.40. The topological polar surface area (TPSA) is 58.3 Å². The number of aliphatic hydroxyl groups is 1. The highest BCUT2D eigenvalue weighted by Gasteiger charge is 2.23. The molecule has 4 N–H and O–H groups in total. The van der Waals surface area contributed by atoms with Gasteiger partial charge in [-0.2, -0.15) is 0 Å². The second kappa shape index (κ2) is 6.10. The molecule has 0 heterocycles. The van der Waals surface area contributed by atoms with E-state index in [-0.39, 0.29) is 0 Å². The molecule has 18 heavy (non-hydrogen) atoms. The quantitative estimate of drug-likeness (QED) is 0.718. The van der Waals surface area contributed by atoms with Crippen molar-refractivity contribution in [3.63, 3.8) is 0 Å². The zero-order valence-electron chi connectivity index (χ0n) is 11.2. The fourth-order valence-corrected chi connectivity index (χ4v) is 2.96. The van der Waals surface area contributed by atoms with E-state index >= 15 is 0 Å². The average molecular weight is 248 g/mol. The molecule has 1 aliphatic carbocycles. The van der Waals surface area contributed by atoms with Crippen LogP contribution >= 0.6 is 0 Å². The van der Waals surface area contributed by atoms with Crippen LogP contribution in [0.15, 0.2) is 18.2 Å². The van der Waals surface area contributed by atoms with Crippen molar-refractivity contribution in [1.82, 2.24) is 0 Å². The Morgan fingerprint density at radius 1 is 1.22 bits per heavy atom. The molecule has 100 valence electrons. The third-order valence-electron chi connectivity index (χ3n) is 3.97. The van der Waals surface area contributed by atoms with E-state index in [0.717, 1.165) is 17.9 Å². The third-order valence-corrected chi connectivity index (χ3v) is 3.97. The van der Waals surface area contributed by atoms with Crippen molar-refractivity contribution in [2.24, 2.45) is 11.8 Å². The maximum atomic E-state index is 9.40. The van der Waals surface area contributed by atoms with E-state index in [1.54, 1.807) is 0 Å². The molecule has 0 aliphatic heterocycles. The van der Waals surface area contributed by atoms with Crippen LogP contribution < -0.4 is 11.1 Å². The first kappa shape index (κ1) is 13.2. The van der Waals surface area contributed by atoms with E-state index in [2.05, 4.69) is 18.3 Å². The van der Waals surface area contributed by atoms with Crippen molar-refractivity contribution >= 4 is 11.4 Å². The summed E-state index contributed by atoms with van der Waals surface area (Å²) in [6, 6.07) is 6.07. The summed E-state index contributed by atoms with van der Waals surface area (Å²) in [7, 11) is 0. The number of nitrogen functional groups attached to an aromatic ring is 1. The second-order valence-corrected chi connectivity index (χ2v) is 5.50. The SMILES string of the molecule is Cc1cc(N)cc(NCC2CCCCC2CO)c1. The fourth-order valence-electron chi connectivity index (χ4n) is 2.96. The van der Waals surface area contributed by atoms with Crippen LogP contribution in [-0.4, -0.2) is 18.3 Å². The molecule has 2 unspecified atom stereocenters. The van der Waals surface area contributed by atoms with Crippen LogP contribution in [0.25, 0.3) is 0 Å². The zero-order valence-corrected chi connectivity index (χ0v) is 11.2. The number of aliphatic hydroxyl groups excluding tert-OH is 1. The Bertz CT molecular complexity index is 372. The molecular formula is C15H24N2O. The van der Waals surface area contributed by atoms with Gasteiger partial charge in [0.15, 0.2) is 0 Å². The number of hydrogen-bond acceptors (Lipinski definition) is 3. The molecule has 2 atom stereocenters. The standard InChI is InChI=1S/C15H24N2O/c1-11-6-14(16)8-15(7-11)17-9-12-4-2-3-5-13(12)10-18/h6-8,12-13,17-18H,2-5,9-10,16H2,1H3. The minimum absolute atomic E-state index is 0.322. The van der Waals surface area contributed by atoms with E-state index < -0.39 is 0 Å². The summed E-state index contributed by atoms with van der Waals surface area (Å²) in [4.78, 5) is 0. The predicted molar refractivity (Wildman–Crippen MR) is 76.6 cm³/mol. The highest BCUT2D eigenvalue weighted by atomic mass is 16.3. The lowest BCUT2D eigenvalue weighted by atomic mass is 9.79. The first-order valence-electron chi connectivity index (χ1n) is 6.91. The third kappa shape index (κ3) is 3.39. The lowest BCUT2D eigenvalue weighted by Crippen LogP contribution is -2.28. The number of nitrogens with one attached hydrogen (secondary N) is 1. The largest absolute Gasteiger partial charge is 0.399 e. The minimum Gasteiger partial charge on any atom is -0.399 e. The average Bonchev–Trinajstić information content (AvgIpc) is 2.35. The van der Waals surface area contributed by atoms with Crippen LogP contribution in [0.3, 0.4) is 0 Å². The van der Waals surface area contributed by atoms with Crippen molar-refractivity contribution in [1.29, 1.82) is 0 Å². The molecule has 3 nitrogen and oxygen atoms in total. The Morgan fingerprint density at radius 2 is 1.94 bits per heavy atom. The Kier molecular flexibility index (Phi) is 4.48. The molecule has 0 radical (unpaired) electrons. The van der Waals surface area contributed by atoms with Gasteiger partial charge in [0.2, 0.25) is 0 Å². The summed E-state index contributed by atoms with van der Waals surface area (Å²) in [5.41, 5.74) is 8.92. The molecule has 3 heteroatoms.